The Morgan fingerprint density at radius 1 is 0.531 bits per heavy atom. The van der Waals surface area contributed by atoms with E-state index < -0.39 is 160 Å². The van der Waals surface area contributed by atoms with Gasteiger partial charge in [0.2, 0.25) is 59.1 Å². The highest BCUT2D eigenvalue weighted by molar-refractivity contribution is 8.00. The van der Waals surface area contributed by atoms with Crippen molar-refractivity contribution >= 4 is 76.7 Å². The summed E-state index contributed by atoms with van der Waals surface area (Å²) in [6.07, 6.45) is 4.03. The highest BCUT2D eigenvalue weighted by atomic mass is 32.2. The summed E-state index contributed by atoms with van der Waals surface area (Å²) in [7, 11) is 11.5. The molecule has 1 saturated heterocycles. The molecule has 1 fully saturated rings. The number of aliphatic hydroxyl groups excluding tert-OH is 1. The first kappa shape index (κ1) is 88.2. The van der Waals surface area contributed by atoms with Gasteiger partial charge in [-0.3, -0.25) is 52.7 Å². The van der Waals surface area contributed by atoms with Gasteiger partial charge in [0.05, 0.1) is 11.7 Å². The molecule has 0 aromatic carbocycles. The standard InChI is InChI=1S/C70H128N12O13S/c1-28-30-33-46(15)57(83)56-61(87)74-49(29-2)63(89)82(26)69(96-35-32-31-34-71-45(13)14)68(94)79(23)53(39-70(18,19)95-27)60(86)75-54(43(9)10)66(92)76(20)50(36-40(3)4)59(85)72-47(16)58(84)73-48(17)62(88)77(21)51(37-41(5)6)64(90)78(22)52(38-42(7)8)65(91)80(24)55(44(11)12)67(93)81(56)25/h28,30,40-57,69,71,83H,29,31-39H2,1-27H3,(H,72,85)(H,73,84)(H,74,87)(H,75,86)/b30-28+/t46-,47+,48-,49+,50+,51+,52+,53+,54+,55+,56+,57-,69-/m1/s1. The van der Waals surface area contributed by atoms with Crippen molar-refractivity contribution in [1.82, 2.24) is 60.9 Å². The Morgan fingerprint density at radius 3 is 1.48 bits per heavy atom. The maximum absolute atomic E-state index is 15.5. The van der Waals surface area contributed by atoms with E-state index in [9.17, 15) is 24.3 Å². The number of allylic oxidation sites excluding steroid dienone is 2. The van der Waals surface area contributed by atoms with Crippen LogP contribution in [0, 0.1) is 35.5 Å². The summed E-state index contributed by atoms with van der Waals surface area (Å²) in [6, 6.07) is -12.6. The molecule has 13 atom stereocenters. The first-order valence-corrected chi connectivity index (χ1v) is 35.7. The Kier molecular flexibility index (Phi) is 37.5. The molecule has 0 aromatic rings. The number of nitrogens with zero attached hydrogens (tertiary/aromatic N) is 7. The molecule has 1 aliphatic rings. The molecular formula is C70H128N12O13S. The van der Waals surface area contributed by atoms with E-state index in [4.69, 9.17) is 4.74 Å². The molecule has 6 N–H and O–H groups in total. The molecule has 0 saturated carbocycles. The number of thioether (sulfide) groups is 1. The number of ether oxygens (including phenoxy) is 1. The summed E-state index contributed by atoms with van der Waals surface area (Å²) < 4.78 is 5.85. The minimum Gasteiger partial charge on any atom is -0.390 e. The Bertz CT molecular complexity index is 2600. The van der Waals surface area contributed by atoms with E-state index in [2.05, 4.69) is 26.6 Å². The average molecular weight is 1380 g/mol. The fourth-order valence-corrected chi connectivity index (χ4v) is 13.0. The highest BCUT2D eigenvalue weighted by Gasteiger charge is 2.47. The van der Waals surface area contributed by atoms with E-state index in [0.717, 1.165) is 11.3 Å². The second-order valence-electron chi connectivity index (χ2n) is 29.4. The molecule has 11 amide bonds. The molecule has 25 nitrogen and oxygen atoms in total. The maximum atomic E-state index is 15.5. The summed E-state index contributed by atoms with van der Waals surface area (Å²) in [5.74, 6) is -9.56. The van der Waals surface area contributed by atoms with Crippen LogP contribution in [0.4, 0.5) is 0 Å². The van der Waals surface area contributed by atoms with Crippen molar-refractivity contribution in [3.8, 4) is 0 Å². The van der Waals surface area contributed by atoms with Crippen molar-refractivity contribution in [3.63, 3.8) is 0 Å². The third-order valence-corrected chi connectivity index (χ3v) is 19.5. The lowest BCUT2D eigenvalue weighted by molar-refractivity contribution is -0.157. The fourth-order valence-electron chi connectivity index (χ4n) is 11.8. The van der Waals surface area contributed by atoms with E-state index in [-0.39, 0.29) is 55.9 Å². The van der Waals surface area contributed by atoms with Crippen LogP contribution in [0.25, 0.3) is 0 Å². The summed E-state index contributed by atoms with van der Waals surface area (Å²) in [5.41, 5.74) is -1.04. The first-order valence-electron chi connectivity index (χ1n) is 34.7. The van der Waals surface area contributed by atoms with Gasteiger partial charge in [-0.1, -0.05) is 109 Å². The molecule has 96 heavy (non-hydrogen) atoms. The van der Waals surface area contributed by atoms with Gasteiger partial charge in [0.25, 0.3) is 5.91 Å². The number of amides is 11. The number of likely N-dealkylation sites (N-methyl/N-ethyl adjacent to an activating group) is 7. The Labute approximate surface area is 580 Å². The van der Waals surface area contributed by atoms with E-state index in [1.165, 1.54) is 111 Å². The molecule has 26 heteroatoms. The number of aliphatic hydroxyl groups is 1. The molecule has 0 unspecified atom stereocenters. The molecule has 0 bridgehead atoms. The van der Waals surface area contributed by atoms with Crippen LogP contribution in [-0.2, 0) is 57.5 Å². The first-order chi connectivity index (χ1) is 44.4. The van der Waals surface area contributed by atoms with Crippen molar-refractivity contribution in [2.45, 2.75) is 266 Å². The van der Waals surface area contributed by atoms with Gasteiger partial charge < -0.3 is 70.7 Å². The van der Waals surface area contributed by atoms with E-state index in [1.54, 1.807) is 61.5 Å². The summed E-state index contributed by atoms with van der Waals surface area (Å²) >= 11 is 1.17. The number of rotatable bonds is 23. The second-order valence-corrected chi connectivity index (χ2v) is 30.6. The fraction of sp³-hybridized carbons (Fsp3) is 0.814. The van der Waals surface area contributed by atoms with E-state index in [0.29, 0.717) is 25.1 Å². The number of unbranched alkanes of at least 4 members (excludes halogenated alkanes) is 1. The largest absolute Gasteiger partial charge is 0.390 e. The summed E-state index contributed by atoms with van der Waals surface area (Å²) in [6.45, 7) is 34.4. The lowest BCUT2D eigenvalue weighted by Crippen LogP contribution is -2.64. The van der Waals surface area contributed by atoms with Gasteiger partial charge in [-0.2, -0.15) is 0 Å². The Morgan fingerprint density at radius 2 is 1.00 bits per heavy atom. The highest BCUT2D eigenvalue weighted by Crippen LogP contribution is 2.28. The zero-order valence-corrected chi connectivity index (χ0v) is 64.4. The van der Waals surface area contributed by atoms with E-state index in [1.807, 2.05) is 68.4 Å². The molecule has 552 valence electrons. The Balaban J connectivity index is 4.60. The molecule has 1 heterocycles. The average Bonchev–Trinajstić information content (AvgIpc) is 0.809. The lowest BCUT2D eigenvalue weighted by Gasteiger charge is -2.41. The van der Waals surface area contributed by atoms with Crippen LogP contribution in [0.15, 0.2) is 12.2 Å². The lowest BCUT2D eigenvalue weighted by atomic mass is 9.91. The SMILES string of the molecule is C/C=C/C[C@@H](C)[C@@H](O)[C@H]1C(=O)N[C@@H](CC)C(=O)N(C)[C@H](SCCCCNC(C)C)C(=O)N(C)[C@@H](CC(C)(C)OC)C(=O)N[C@@H](C(C)C)C(=O)N(C)[C@@H](CC(C)C)C(=O)N[C@@H](C)C(=O)N[C@H](C)C(=O)N(C)[C@@H](CC(C)C)C(=O)N(C)[C@@H](CC(C)C)C(=O)N(C)[C@@H](C(C)C)C(=O)N1C. The van der Waals surface area contributed by atoms with Crippen LogP contribution < -0.4 is 26.6 Å². The van der Waals surface area contributed by atoms with Crippen molar-refractivity contribution in [2.24, 2.45) is 35.5 Å². The molecule has 1 rings (SSSR count). The summed E-state index contributed by atoms with van der Waals surface area (Å²) in [4.78, 5) is 173. The van der Waals surface area contributed by atoms with Crippen LogP contribution in [0.1, 0.15) is 183 Å². The number of methoxy groups -OCH3 is 1. The third-order valence-electron chi connectivity index (χ3n) is 18.1. The molecule has 0 aliphatic carbocycles. The van der Waals surface area contributed by atoms with Gasteiger partial charge >= 0.3 is 0 Å². The van der Waals surface area contributed by atoms with Gasteiger partial charge in [-0.05, 0) is 127 Å². The summed E-state index contributed by atoms with van der Waals surface area (Å²) in [5, 5.41) is 25.6. The van der Waals surface area contributed by atoms with Gasteiger partial charge in [0.1, 0.15) is 60.4 Å². The molecule has 0 spiro atoms. The number of hydrogen-bond donors (Lipinski definition) is 6. The zero-order valence-electron chi connectivity index (χ0n) is 63.6. The van der Waals surface area contributed by atoms with Gasteiger partial charge in [0.15, 0.2) is 5.37 Å². The van der Waals surface area contributed by atoms with Gasteiger partial charge in [-0.15, -0.1) is 11.8 Å². The minimum absolute atomic E-state index is 0.0119. The quantitative estimate of drug-likeness (QED) is 0.0587. The van der Waals surface area contributed by atoms with Crippen molar-refractivity contribution < 1.29 is 62.6 Å². The predicted octanol–water partition coefficient (Wildman–Crippen LogP) is 4.88. The number of hydrogen-bond acceptors (Lipinski definition) is 15. The van der Waals surface area contributed by atoms with Crippen LogP contribution >= 0.6 is 11.8 Å². The second kappa shape index (κ2) is 40.9. The smallest absolute Gasteiger partial charge is 0.256 e. The zero-order chi connectivity index (χ0) is 74.3. The van der Waals surface area contributed by atoms with Crippen LogP contribution in [0.2, 0.25) is 0 Å². The topological polar surface area (TPSA) is 300 Å². The number of carbonyl (C=O) groups is 11. The molecular weight excluding hydrogens is 1250 g/mol. The maximum Gasteiger partial charge on any atom is 0.256 e. The number of nitrogens with one attached hydrogen (secondary N) is 5. The van der Waals surface area contributed by atoms with Crippen molar-refractivity contribution in [1.29, 1.82) is 0 Å². The molecule has 0 aromatic heterocycles. The van der Waals surface area contributed by atoms with Gasteiger partial charge in [0, 0.05) is 68.9 Å². The number of carbonyl (C=O) groups excluding carboxylic acids is 11. The van der Waals surface area contributed by atoms with Crippen LogP contribution in [0.3, 0.4) is 0 Å². The van der Waals surface area contributed by atoms with Crippen molar-refractivity contribution in [2.75, 3.05) is 68.7 Å². The van der Waals surface area contributed by atoms with Gasteiger partial charge in [-0.25, -0.2) is 0 Å². The van der Waals surface area contributed by atoms with Crippen LogP contribution in [0.5, 0.6) is 0 Å². The monoisotopic (exact) mass is 1380 g/mol. The normalized spacial score (nSPS) is 26.2. The van der Waals surface area contributed by atoms with Crippen molar-refractivity contribution in [3.05, 3.63) is 12.2 Å². The van der Waals surface area contributed by atoms with Crippen LogP contribution in [-0.4, -0.2) is 257 Å². The molecule has 0 radical (unpaired) electrons. The Hall–Kier alpha value is -5.86. The predicted molar refractivity (Wildman–Crippen MR) is 378 cm³/mol. The molecule has 1 aliphatic heterocycles. The third kappa shape index (κ3) is 25.8. The minimum atomic E-state index is -1.65. The van der Waals surface area contributed by atoms with E-state index >= 15 is 33.6 Å².